The van der Waals surface area contributed by atoms with Crippen LogP contribution in [0.4, 0.5) is 10.1 Å². The summed E-state index contributed by atoms with van der Waals surface area (Å²) in [4.78, 5) is 13.0. The van der Waals surface area contributed by atoms with Gasteiger partial charge in [-0.2, -0.15) is 0 Å². The third kappa shape index (κ3) is 4.98. The molecule has 0 radical (unpaired) electrons. The molecule has 0 spiro atoms. The molecule has 0 unspecified atom stereocenters. The van der Waals surface area contributed by atoms with Gasteiger partial charge < -0.3 is 5.32 Å². The molecule has 1 N–H and O–H groups in total. The molecule has 0 aliphatic heterocycles. The van der Waals surface area contributed by atoms with Crippen molar-refractivity contribution in [2.24, 2.45) is 0 Å². The van der Waals surface area contributed by atoms with Crippen LogP contribution in [0.15, 0.2) is 71.9 Å². The van der Waals surface area contributed by atoms with Gasteiger partial charge in [0.2, 0.25) is 5.91 Å². The average Bonchev–Trinajstić information content (AvgIpc) is 3.20. The zero-order chi connectivity index (χ0) is 23.5. The van der Waals surface area contributed by atoms with Gasteiger partial charge in [0.1, 0.15) is 5.82 Å². The van der Waals surface area contributed by atoms with E-state index in [0.717, 1.165) is 28.1 Å². The third-order valence-electron chi connectivity index (χ3n) is 5.31. The van der Waals surface area contributed by atoms with Crippen LogP contribution in [0.3, 0.4) is 0 Å². The number of nitrogens with one attached hydrogen (secondary N) is 1. The molecule has 1 heterocycles. The molecule has 1 atom stereocenters. The van der Waals surface area contributed by atoms with Crippen molar-refractivity contribution in [2.45, 2.75) is 38.1 Å². The van der Waals surface area contributed by atoms with Crippen LogP contribution in [0.25, 0.3) is 17.1 Å². The Morgan fingerprint density at radius 1 is 0.970 bits per heavy atom. The number of nitrogens with zero attached hydrogens (tertiary/aromatic N) is 3. The van der Waals surface area contributed by atoms with E-state index in [1.54, 1.807) is 12.1 Å². The maximum Gasteiger partial charge on any atom is 0.237 e. The summed E-state index contributed by atoms with van der Waals surface area (Å²) in [5, 5.41) is 11.9. The first-order valence-corrected chi connectivity index (χ1v) is 11.5. The van der Waals surface area contributed by atoms with Gasteiger partial charge in [0.05, 0.1) is 5.25 Å². The summed E-state index contributed by atoms with van der Waals surface area (Å²) in [6.45, 7) is 7.86. The lowest BCUT2D eigenvalue weighted by atomic mass is 10.1. The Balaban J connectivity index is 1.65. The van der Waals surface area contributed by atoms with E-state index in [-0.39, 0.29) is 11.7 Å². The highest BCUT2D eigenvalue weighted by Gasteiger charge is 2.23. The van der Waals surface area contributed by atoms with Crippen LogP contribution >= 0.6 is 11.8 Å². The zero-order valence-corrected chi connectivity index (χ0v) is 19.8. The van der Waals surface area contributed by atoms with Gasteiger partial charge >= 0.3 is 0 Å². The number of para-hydroxylation sites is 1. The zero-order valence-electron chi connectivity index (χ0n) is 19.0. The van der Waals surface area contributed by atoms with Crippen molar-refractivity contribution in [3.63, 3.8) is 0 Å². The number of thioether (sulfide) groups is 1. The Kier molecular flexibility index (Phi) is 6.60. The molecule has 4 aromatic rings. The van der Waals surface area contributed by atoms with Gasteiger partial charge in [-0.05, 0) is 63.1 Å². The fourth-order valence-electron chi connectivity index (χ4n) is 3.78. The summed E-state index contributed by atoms with van der Waals surface area (Å²) in [5.74, 6) is 0.0481. The second-order valence-corrected chi connectivity index (χ2v) is 9.32. The number of hydrogen-bond acceptors (Lipinski definition) is 4. The summed E-state index contributed by atoms with van der Waals surface area (Å²) in [5.41, 5.74) is 5.50. The smallest absolute Gasteiger partial charge is 0.237 e. The topological polar surface area (TPSA) is 59.8 Å². The molecule has 168 valence electrons. The van der Waals surface area contributed by atoms with Gasteiger partial charge in [-0.15, -0.1) is 10.2 Å². The molecule has 0 bridgehead atoms. The quantitative estimate of drug-likeness (QED) is 0.352. The highest BCUT2D eigenvalue weighted by Crippen LogP contribution is 2.31. The SMILES string of the molecule is Cc1cc(C)c(NC(=O)[C@H](C)Sc2nnc(-c3cccc(F)c3)n2-c2ccccc2)c(C)c1. The van der Waals surface area contributed by atoms with Crippen LogP contribution in [0, 0.1) is 26.6 Å². The largest absolute Gasteiger partial charge is 0.325 e. The third-order valence-corrected chi connectivity index (χ3v) is 6.35. The van der Waals surface area contributed by atoms with Crippen molar-refractivity contribution in [1.29, 1.82) is 0 Å². The lowest BCUT2D eigenvalue weighted by molar-refractivity contribution is -0.115. The van der Waals surface area contributed by atoms with E-state index in [0.29, 0.717) is 16.5 Å². The minimum absolute atomic E-state index is 0.120. The molecule has 7 heteroatoms. The van der Waals surface area contributed by atoms with E-state index >= 15 is 0 Å². The number of carbonyl (C=O) groups is 1. The molecule has 0 fully saturated rings. The molecular formula is C26H25FN4OS. The summed E-state index contributed by atoms with van der Waals surface area (Å²) in [6, 6.07) is 20.0. The lowest BCUT2D eigenvalue weighted by Crippen LogP contribution is -2.24. The molecule has 0 saturated carbocycles. The number of aryl methyl sites for hydroxylation is 3. The van der Waals surface area contributed by atoms with Gasteiger partial charge in [-0.1, -0.05) is 59.8 Å². The molecule has 0 aliphatic carbocycles. The first-order valence-electron chi connectivity index (χ1n) is 10.7. The maximum absolute atomic E-state index is 13.9. The standard InChI is InChI=1S/C26H25FN4OS/c1-16-13-17(2)23(18(3)14-16)28-25(32)19(4)33-26-30-29-24(20-9-8-10-21(27)15-20)31(26)22-11-6-5-7-12-22/h5-15,19H,1-4H3,(H,28,32)/t19-/m0/s1. The second kappa shape index (κ2) is 9.58. The number of anilines is 1. The number of rotatable bonds is 6. The first kappa shape index (κ1) is 22.7. The van der Waals surface area contributed by atoms with Crippen LogP contribution in [-0.4, -0.2) is 25.9 Å². The predicted octanol–water partition coefficient (Wildman–Crippen LogP) is 6.12. The van der Waals surface area contributed by atoms with Crippen molar-refractivity contribution < 1.29 is 9.18 Å². The van der Waals surface area contributed by atoms with E-state index in [2.05, 4.69) is 27.6 Å². The van der Waals surface area contributed by atoms with Gasteiger partial charge in [0.15, 0.2) is 11.0 Å². The van der Waals surface area contributed by atoms with E-state index in [1.807, 2.05) is 62.6 Å². The molecule has 4 rings (SSSR count). The van der Waals surface area contributed by atoms with Crippen LogP contribution in [0.1, 0.15) is 23.6 Å². The summed E-state index contributed by atoms with van der Waals surface area (Å²) in [6.07, 6.45) is 0. The van der Waals surface area contributed by atoms with E-state index < -0.39 is 5.25 Å². The predicted molar refractivity (Wildman–Crippen MR) is 131 cm³/mol. The van der Waals surface area contributed by atoms with Gasteiger partial charge in [0, 0.05) is 16.9 Å². The molecule has 1 amide bonds. The lowest BCUT2D eigenvalue weighted by Gasteiger charge is -2.16. The van der Waals surface area contributed by atoms with Crippen molar-refractivity contribution in [2.75, 3.05) is 5.32 Å². The minimum Gasteiger partial charge on any atom is -0.325 e. The van der Waals surface area contributed by atoms with E-state index in [4.69, 9.17) is 0 Å². The molecule has 0 aliphatic rings. The minimum atomic E-state index is -0.433. The second-order valence-electron chi connectivity index (χ2n) is 8.01. The number of benzene rings is 3. The van der Waals surface area contributed by atoms with Crippen LogP contribution < -0.4 is 5.32 Å². The van der Waals surface area contributed by atoms with Crippen molar-refractivity contribution in [1.82, 2.24) is 14.8 Å². The number of amides is 1. The van der Waals surface area contributed by atoms with Crippen LogP contribution in [-0.2, 0) is 4.79 Å². The Morgan fingerprint density at radius 2 is 1.67 bits per heavy atom. The maximum atomic E-state index is 13.9. The normalized spacial score (nSPS) is 11.9. The van der Waals surface area contributed by atoms with Crippen molar-refractivity contribution >= 4 is 23.4 Å². The summed E-state index contributed by atoms with van der Waals surface area (Å²) < 4.78 is 15.7. The summed E-state index contributed by atoms with van der Waals surface area (Å²) >= 11 is 1.31. The van der Waals surface area contributed by atoms with E-state index in [9.17, 15) is 9.18 Å². The number of halogens is 1. The van der Waals surface area contributed by atoms with Gasteiger partial charge in [0.25, 0.3) is 0 Å². The van der Waals surface area contributed by atoms with Gasteiger partial charge in [-0.3, -0.25) is 9.36 Å². The molecule has 1 aromatic heterocycles. The Morgan fingerprint density at radius 3 is 2.33 bits per heavy atom. The van der Waals surface area contributed by atoms with E-state index in [1.165, 1.54) is 23.9 Å². The molecule has 5 nitrogen and oxygen atoms in total. The fourth-order valence-corrected chi connectivity index (χ4v) is 4.65. The Hall–Kier alpha value is -3.45. The van der Waals surface area contributed by atoms with Gasteiger partial charge in [-0.25, -0.2) is 4.39 Å². The molecule has 0 saturated heterocycles. The Labute approximate surface area is 197 Å². The number of aromatic nitrogens is 3. The summed E-state index contributed by atoms with van der Waals surface area (Å²) in [7, 11) is 0. The molecule has 3 aromatic carbocycles. The van der Waals surface area contributed by atoms with Crippen molar-refractivity contribution in [3.05, 3.63) is 89.2 Å². The average molecular weight is 461 g/mol. The monoisotopic (exact) mass is 460 g/mol. The Bertz CT molecular complexity index is 1280. The highest BCUT2D eigenvalue weighted by molar-refractivity contribution is 8.00. The highest BCUT2D eigenvalue weighted by atomic mass is 32.2. The number of hydrogen-bond donors (Lipinski definition) is 1. The number of carbonyl (C=O) groups excluding carboxylic acids is 1. The molecule has 33 heavy (non-hydrogen) atoms. The van der Waals surface area contributed by atoms with Crippen LogP contribution in [0.5, 0.6) is 0 Å². The van der Waals surface area contributed by atoms with Crippen molar-refractivity contribution in [3.8, 4) is 17.1 Å². The fraction of sp³-hybridized carbons (Fsp3) is 0.192. The molecular weight excluding hydrogens is 435 g/mol. The van der Waals surface area contributed by atoms with Crippen LogP contribution in [0.2, 0.25) is 0 Å². The first-order chi connectivity index (χ1) is 15.8.